The summed E-state index contributed by atoms with van der Waals surface area (Å²) < 4.78 is 0. The van der Waals surface area contributed by atoms with Crippen molar-refractivity contribution in [3.8, 4) is 22.9 Å². The van der Waals surface area contributed by atoms with Crippen LogP contribution in [-0.2, 0) is 0 Å². The van der Waals surface area contributed by atoms with Crippen LogP contribution in [0.25, 0.3) is 11.1 Å². The van der Waals surface area contributed by atoms with Gasteiger partial charge in [0.1, 0.15) is 6.07 Å². The van der Waals surface area contributed by atoms with Gasteiger partial charge in [-0.1, -0.05) is 23.7 Å². The van der Waals surface area contributed by atoms with Crippen LogP contribution in [-0.4, -0.2) is 10.1 Å². The summed E-state index contributed by atoms with van der Waals surface area (Å²) in [7, 11) is 0. The summed E-state index contributed by atoms with van der Waals surface area (Å²) >= 11 is 5.86. The van der Waals surface area contributed by atoms with Crippen molar-refractivity contribution in [3.63, 3.8) is 0 Å². The van der Waals surface area contributed by atoms with Crippen LogP contribution < -0.4 is 0 Å². The topological polar surface area (TPSA) is 56.9 Å². The second-order valence-corrected chi connectivity index (χ2v) is 3.65. The van der Waals surface area contributed by atoms with Gasteiger partial charge in [-0.3, -0.25) is 0 Å². The lowest BCUT2D eigenvalue weighted by Gasteiger charge is -2.03. The van der Waals surface area contributed by atoms with E-state index in [1.165, 1.54) is 12.3 Å². The molecule has 0 aliphatic rings. The highest BCUT2D eigenvalue weighted by molar-refractivity contribution is 6.30. The number of rotatable bonds is 1. The number of benzene rings is 1. The molecule has 0 saturated carbocycles. The first-order valence-electron chi connectivity index (χ1n) is 4.56. The van der Waals surface area contributed by atoms with Gasteiger partial charge < -0.3 is 5.11 Å². The molecule has 1 heterocycles. The average molecular weight is 231 g/mol. The Bertz CT molecular complexity index is 575. The monoisotopic (exact) mass is 230 g/mol. The molecule has 0 fully saturated rings. The summed E-state index contributed by atoms with van der Waals surface area (Å²) in [5, 5.41) is 18.7. The smallest absolute Gasteiger partial charge is 0.182 e. The number of nitrogens with zero attached hydrogens (tertiary/aromatic N) is 2. The lowest BCUT2D eigenvalue weighted by atomic mass is 10.1. The number of hydrogen-bond donors (Lipinski definition) is 1. The predicted octanol–water partition coefficient (Wildman–Crippen LogP) is 2.98. The van der Waals surface area contributed by atoms with Crippen molar-refractivity contribution >= 4 is 11.6 Å². The summed E-state index contributed by atoms with van der Waals surface area (Å²) in [6.07, 6.45) is 1.53. The third-order valence-corrected chi connectivity index (χ3v) is 2.37. The van der Waals surface area contributed by atoms with E-state index in [9.17, 15) is 5.11 Å². The summed E-state index contributed by atoms with van der Waals surface area (Å²) in [5.41, 5.74) is 1.59. The van der Waals surface area contributed by atoms with Gasteiger partial charge in [0.2, 0.25) is 0 Å². The van der Waals surface area contributed by atoms with Crippen LogP contribution in [0.4, 0.5) is 0 Å². The van der Waals surface area contributed by atoms with Crippen LogP contribution in [0.3, 0.4) is 0 Å². The van der Waals surface area contributed by atoms with Crippen molar-refractivity contribution in [2.45, 2.75) is 0 Å². The minimum Gasteiger partial charge on any atom is -0.505 e. The third kappa shape index (κ3) is 1.97. The molecule has 0 aliphatic heterocycles. The Labute approximate surface area is 97.6 Å². The molecule has 1 aromatic heterocycles. The van der Waals surface area contributed by atoms with Gasteiger partial charge in [0.05, 0.1) is 0 Å². The van der Waals surface area contributed by atoms with E-state index in [0.29, 0.717) is 5.02 Å². The molecular weight excluding hydrogens is 224 g/mol. The lowest BCUT2D eigenvalue weighted by Crippen LogP contribution is -1.85. The van der Waals surface area contributed by atoms with E-state index < -0.39 is 0 Å². The Morgan fingerprint density at radius 3 is 2.69 bits per heavy atom. The first-order chi connectivity index (χ1) is 7.70. The van der Waals surface area contributed by atoms with Gasteiger partial charge in [0, 0.05) is 16.8 Å². The van der Waals surface area contributed by atoms with E-state index in [0.717, 1.165) is 11.1 Å². The lowest BCUT2D eigenvalue weighted by molar-refractivity contribution is 0.471. The van der Waals surface area contributed by atoms with Gasteiger partial charge in [-0.2, -0.15) is 5.26 Å². The van der Waals surface area contributed by atoms with Gasteiger partial charge in [-0.05, 0) is 23.8 Å². The minimum atomic E-state index is -0.125. The van der Waals surface area contributed by atoms with Crippen molar-refractivity contribution in [2.24, 2.45) is 0 Å². The molecular formula is C12H7ClN2O. The van der Waals surface area contributed by atoms with E-state index in [1.54, 1.807) is 18.2 Å². The first kappa shape index (κ1) is 10.5. The number of hydrogen-bond acceptors (Lipinski definition) is 3. The maximum Gasteiger partial charge on any atom is 0.182 e. The molecule has 4 heteroatoms. The highest BCUT2D eigenvalue weighted by Gasteiger charge is 2.05. The zero-order valence-corrected chi connectivity index (χ0v) is 8.94. The van der Waals surface area contributed by atoms with E-state index in [1.807, 2.05) is 12.1 Å². The Balaban J connectivity index is 2.50. The normalized spacial score (nSPS) is 9.75. The van der Waals surface area contributed by atoms with Crippen molar-refractivity contribution in [1.29, 1.82) is 5.26 Å². The minimum absolute atomic E-state index is 0.0192. The first-order valence-corrected chi connectivity index (χ1v) is 4.93. The molecule has 0 aliphatic carbocycles. The standard InChI is InChI=1S/C12H7ClN2O/c13-10-3-1-2-8(4-10)9-5-12(16)11(6-14)15-7-9/h1-5,7,16H. The molecule has 2 aromatic rings. The van der Waals surface area contributed by atoms with E-state index in [-0.39, 0.29) is 11.4 Å². The Morgan fingerprint density at radius 2 is 2.06 bits per heavy atom. The van der Waals surface area contributed by atoms with Crippen molar-refractivity contribution < 1.29 is 5.11 Å². The second-order valence-electron chi connectivity index (χ2n) is 3.21. The largest absolute Gasteiger partial charge is 0.505 e. The fraction of sp³-hybridized carbons (Fsp3) is 0. The van der Waals surface area contributed by atoms with Crippen LogP contribution >= 0.6 is 11.6 Å². The van der Waals surface area contributed by atoms with Crippen LogP contribution in [0.2, 0.25) is 5.02 Å². The van der Waals surface area contributed by atoms with Gasteiger partial charge in [-0.25, -0.2) is 4.98 Å². The zero-order chi connectivity index (χ0) is 11.5. The summed E-state index contributed by atoms with van der Waals surface area (Å²) in [4.78, 5) is 3.85. The molecule has 1 N–H and O–H groups in total. The summed E-state index contributed by atoms with van der Waals surface area (Å²) in [6.45, 7) is 0. The number of aromatic hydroxyl groups is 1. The van der Waals surface area contributed by atoms with Gasteiger partial charge in [0.15, 0.2) is 11.4 Å². The van der Waals surface area contributed by atoms with E-state index in [4.69, 9.17) is 16.9 Å². The van der Waals surface area contributed by atoms with E-state index in [2.05, 4.69) is 4.98 Å². The highest BCUT2D eigenvalue weighted by atomic mass is 35.5. The SMILES string of the molecule is N#Cc1ncc(-c2cccc(Cl)c2)cc1O. The van der Waals surface area contributed by atoms with Crippen LogP contribution in [0, 0.1) is 11.3 Å². The molecule has 1 aromatic carbocycles. The third-order valence-electron chi connectivity index (χ3n) is 2.13. The molecule has 0 saturated heterocycles. The molecule has 0 atom stereocenters. The van der Waals surface area contributed by atoms with E-state index >= 15 is 0 Å². The molecule has 0 unspecified atom stereocenters. The highest BCUT2D eigenvalue weighted by Crippen LogP contribution is 2.26. The Kier molecular flexibility index (Phi) is 2.76. The number of aromatic nitrogens is 1. The predicted molar refractivity (Wildman–Crippen MR) is 61.1 cm³/mol. The van der Waals surface area contributed by atoms with Gasteiger partial charge in [0.25, 0.3) is 0 Å². The molecule has 0 bridgehead atoms. The molecule has 0 amide bonds. The number of halogens is 1. The van der Waals surface area contributed by atoms with Crippen LogP contribution in [0.1, 0.15) is 5.69 Å². The van der Waals surface area contributed by atoms with Gasteiger partial charge in [-0.15, -0.1) is 0 Å². The molecule has 3 nitrogen and oxygen atoms in total. The zero-order valence-electron chi connectivity index (χ0n) is 8.18. The fourth-order valence-electron chi connectivity index (χ4n) is 1.37. The van der Waals surface area contributed by atoms with Crippen molar-refractivity contribution in [1.82, 2.24) is 4.98 Å². The molecule has 16 heavy (non-hydrogen) atoms. The Hall–Kier alpha value is -2.05. The molecule has 0 spiro atoms. The summed E-state index contributed by atoms with van der Waals surface area (Å²) in [6, 6.07) is 10.5. The fourth-order valence-corrected chi connectivity index (χ4v) is 1.56. The summed E-state index contributed by atoms with van der Waals surface area (Å²) in [5.74, 6) is -0.125. The number of pyridine rings is 1. The number of nitriles is 1. The quantitative estimate of drug-likeness (QED) is 0.819. The van der Waals surface area contributed by atoms with Crippen LogP contribution in [0.5, 0.6) is 5.75 Å². The average Bonchev–Trinajstić information content (AvgIpc) is 2.29. The van der Waals surface area contributed by atoms with Gasteiger partial charge >= 0.3 is 0 Å². The molecule has 2 rings (SSSR count). The second kappa shape index (κ2) is 4.21. The maximum atomic E-state index is 9.50. The maximum absolute atomic E-state index is 9.50. The van der Waals surface area contributed by atoms with Crippen molar-refractivity contribution in [2.75, 3.05) is 0 Å². The van der Waals surface area contributed by atoms with Crippen LogP contribution in [0.15, 0.2) is 36.5 Å². The Morgan fingerprint density at radius 1 is 1.25 bits per heavy atom. The van der Waals surface area contributed by atoms with Crippen molar-refractivity contribution in [3.05, 3.63) is 47.2 Å². The molecule has 0 radical (unpaired) electrons. The molecule has 78 valence electrons.